The van der Waals surface area contributed by atoms with Gasteiger partial charge in [0, 0.05) is 49.1 Å². The first-order chi connectivity index (χ1) is 15.6. The molecule has 2 aromatic carbocycles. The average Bonchev–Trinajstić information content (AvgIpc) is 3.57. The van der Waals surface area contributed by atoms with Gasteiger partial charge in [-0.15, -0.1) is 0 Å². The number of ether oxygens (including phenoxy) is 2. The van der Waals surface area contributed by atoms with Crippen molar-refractivity contribution in [1.82, 2.24) is 9.47 Å². The zero-order chi connectivity index (χ0) is 21.9. The highest BCUT2D eigenvalue weighted by Gasteiger charge is 2.43. The van der Waals surface area contributed by atoms with E-state index in [1.165, 1.54) is 12.8 Å². The van der Waals surface area contributed by atoms with E-state index in [0.717, 1.165) is 16.7 Å². The Kier molecular flexibility index (Phi) is 4.32. The van der Waals surface area contributed by atoms with Crippen LogP contribution in [0.25, 0.3) is 10.9 Å². The van der Waals surface area contributed by atoms with Crippen molar-refractivity contribution < 1.29 is 19.1 Å². The van der Waals surface area contributed by atoms with Crippen LogP contribution in [0.5, 0.6) is 11.5 Å². The Hall–Kier alpha value is -3.28. The molecule has 6 heteroatoms. The molecule has 3 aromatic rings. The lowest BCUT2D eigenvalue weighted by Gasteiger charge is -2.44. The summed E-state index contributed by atoms with van der Waals surface area (Å²) in [7, 11) is 1.65. The van der Waals surface area contributed by atoms with Crippen LogP contribution in [0.1, 0.15) is 58.9 Å². The summed E-state index contributed by atoms with van der Waals surface area (Å²) in [5, 5.41) is 1.04. The molecule has 1 aromatic heterocycles. The molecule has 6 nitrogen and oxygen atoms in total. The van der Waals surface area contributed by atoms with Crippen LogP contribution in [0, 0.1) is 6.07 Å². The third-order valence-corrected chi connectivity index (χ3v) is 7.10. The third-order valence-electron chi connectivity index (χ3n) is 7.10. The summed E-state index contributed by atoms with van der Waals surface area (Å²) in [6.45, 7) is 1.12. The highest BCUT2D eigenvalue weighted by atomic mass is 16.5. The van der Waals surface area contributed by atoms with E-state index in [1.54, 1.807) is 19.2 Å². The van der Waals surface area contributed by atoms with Gasteiger partial charge in [-0.2, -0.15) is 0 Å². The number of carbonyl (C=O) groups is 2. The van der Waals surface area contributed by atoms with E-state index in [1.807, 2.05) is 23.1 Å². The number of piperidine rings is 1. The number of hydrogen-bond donors (Lipinski definition) is 0. The van der Waals surface area contributed by atoms with Gasteiger partial charge < -0.3 is 18.9 Å². The van der Waals surface area contributed by atoms with Crippen LogP contribution in [0.15, 0.2) is 42.6 Å². The summed E-state index contributed by atoms with van der Waals surface area (Å²) in [6.07, 6.45) is 6.09. The lowest BCUT2D eigenvalue weighted by Crippen LogP contribution is -2.52. The minimum absolute atomic E-state index is 0.000679. The molecule has 32 heavy (non-hydrogen) atoms. The number of nitrogens with zero attached hydrogens (tertiary/aromatic N) is 2. The van der Waals surface area contributed by atoms with E-state index in [4.69, 9.17) is 9.47 Å². The Morgan fingerprint density at radius 1 is 1.22 bits per heavy atom. The van der Waals surface area contributed by atoms with Crippen molar-refractivity contribution in [3.05, 3.63) is 59.8 Å². The maximum atomic E-state index is 13.4. The van der Waals surface area contributed by atoms with Gasteiger partial charge in [0.2, 0.25) is 0 Å². The van der Waals surface area contributed by atoms with Crippen LogP contribution in [-0.2, 0) is 0 Å². The zero-order valence-electron chi connectivity index (χ0n) is 18.1. The minimum atomic E-state index is -0.523. The first-order valence-electron chi connectivity index (χ1n) is 11.3. The highest BCUT2D eigenvalue weighted by Crippen LogP contribution is 2.41. The number of Topliss-reactive ketones (excluding diaryl/α,β-unsaturated/α-hetero) is 1. The molecule has 1 saturated heterocycles. The normalized spacial score (nSPS) is 19.7. The summed E-state index contributed by atoms with van der Waals surface area (Å²) in [5.41, 5.74) is 1.78. The molecule has 1 aliphatic carbocycles. The lowest BCUT2D eigenvalue weighted by molar-refractivity contribution is -0.00571. The fraction of sp³-hybridized carbons (Fsp3) is 0.385. The molecule has 0 bridgehead atoms. The smallest absolute Gasteiger partial charge is 0.254 e. The Bertz CT molecular complexity index is 1230. The number of amides is 1. The van der Waals surface area contributed by atoms with Crippen LogP contribution in [0.2, 0.25) is 0 Å². The van der Waals surface area contributed by atoms with Crippen LogP contribution in [0.4, 0.5) is 0 Å². The molecule has 1 saturated carbocycles. The summed E-state index contributed by atoms with van der Waals surface area (Å²) < 4.78 is 14.2. The fourth-order valence-corrected chi connectivity index (χ4v) is 5.15. The van der Waals surface area contributed by atoms with E-state index in [9.17, 15) is 9.59 Å². The predicted octanol–water partition coefficient (Wildman–Crippen LogP) is 4.43. The second-order valence-electron chi connectivity index (χ2n) is 9.16. The molecular formula is C26H25N2O4. The van der Waals surface area contributed by atoms with Crippen molar-refractivity contribution >= 4 is 22.6 Å². The van der Waals surface area contributed by atoms with Gasteiger partial charge in [0.15, 0.2) is 5.78 Å². The number of methoxy groups -OCH3 is 1. The molecule has 6 rings (SSSR count). The zero-order valence-corrected chi connectivity index (χ0v) is 18.1. The number of carbonyl (C=O) groups excluding carboxylic acids is 2. The largest absolute Gasteiger partial charge is 0.496 e. The molecule has 3 aliphatic rings. The predicted molar refractivity (Wildman–Crippen MR) is 119 cm³/mol. The number of likely N-dealkylation sites (tertiary alicyclic amines) is 1. The van der Waals surface area contributed by atoms with Crippen LogP contribution < -0.4 is 9.47 Å². The molecule has 2 fully saturated rings. The molecule has 0 atom stereocenters. The maximum Gasteiger partial charge on any atom is 0.254 e. The topological polar surface area (TPSA) is 60.8 Å². The van der Waals surface area contributed by atoms with Crippen molar-refractivity contribution in [2.45, 2.75) is 43.7 Å². The van der Waals surface area contributed by atoms with Crippen molar-refractivity contribution in [1.29, 1.82) is 0 Å². The summed E-state index contributed by atoms with van der Waals surface area (Å²) >= 11 is 0. The van der Waals surface area contributed by atoms with Gasteiger partial charge in [-0.05, 0) is 49.2 Å². The maximum absolute atomic E-state index is 13.4. The summed E-state index contributed by atoms with van der Waals surface area (Å²) in [5.74, 6) is 1.46. The van der Waals surface area contributed by atoms with Gasteiger partial charge in [-0.25, -0.2) is 0 Å². The monoisotopic (exact) mass is 429 g/mol. The molecule has 2 aliphatic heterocycles. The molecule has 1 radical (unpaired) electrons. The van der Waals surface area contributed by atoms with Crippen molar-refractivity contribution in [2.75, 3.05) is 20.2 Å². The molecule has 163 valence electrons. The minimum Gasteiger partial charge on any atom is -0.496 e. The van der Waals surface area contributed by atoms with E-state index >= 15 is 0 Å². The number of ketones is 1. The van der Waals surface area contributed by atoms with Gasteiger partial charge in [0.1, 0.15) is 17.1 Å². The van der Waals surface area contributed by atoms with Crippen LogP contribution >= 0.6 is 0 Å². The van der Waals surface area contributed by atoms with Gasteiger partial charge in [0.25, 0.3) is 5.91 Å². The molecule has 3 heterocycles. The number of benzene rings is 2. The van der Waals surface area contributed by atoms with E-state index < -0.39 is 5.60 Å². The van der Waals surface area contributed by atoms with Gasteiger partial charge >= 0.3 is 0 Å². The van der Waals surface area contributed by atoms with Crippen LogP contribution in [-0.4, -0.2) is 47.0 Å². The van der Waals surface area contributed by atoms with Crippen LogP contribution in [0.3, 0.4) is 0 Å². The Labute approximate surface area is 186 Å². The SMILES string of the molecule is COc1cc(C(=O)N2CCC3(CC2)CC(=O)c2c[c]ccc2O3)cc2c1ccn2C1CC1. The Morgan fingerprint density at radius 3 is 2.78 bits per heavy atom. The van der Waals surface area contributed by atoms with Crippen molar-refractivity contribution in [3.63, 3.8) is 0 Å². The van der Waals surface area contributed by atoms with Crippen molar-refractivity contribution in [2.24, 2.45) is 0 Å². The Morgan fingerprint density at radius 2 is 2.03 bits per heavy atom. The number of rotatable bonds is 3. The first kappa shape index (κ1) is 19.4. The van der Waals surface area contributed by atoms with E-state index in [2.05, 4.69) is 22.9 Å². The second-order valence-corrected chi connectivity index (χ2v) is 9.16. The number of aromatic nitrogens is 1. The van der Waals surface area contributed by atoms with E-state index in [0.29, 0.717) is 55.3 Å². The van der Waals surface area contributed by atoms with Gasteiger partial charge in [-0.1, -0.05) is 6.07 Å². The van der Waals surface area contributed by atoms with E-state index in [-0.39, 0.29) is 11.7 Å². The second kappa shape index (κ2) is 7.12. The van der Waals surface area contributed by atoms with Gasteiger partial charge in [-0.3, -0.25) is 9.59 Å². The average molecular weight is 429 g/mol. The number of fused-ring (bicyclic) bond motifs is 2. The highest BCUT2D eigenvalue weighted by molar-refractivity contribution is 6.01. The molecule has 0 N–H and O–H groups in total. The third kappa shape index (κ3) is 3.08. The lowest BCUT2D eigenvalue weighted by atomic mass is 9.82. The Balaban J connectivity index is 1.24. The standard InChI is InChI=1S/C26H25N2O4/c1-31-24-15-17(14-21-19(24)8-11-28(21)18-6-7-18)25(30)27-12-9-26(10-13-27)16-22(29)20-4-2-3-5-23(20)32-26/h3-5,8,11,14-15,18H,6-7,9-10,12-13,16H2,1H3. The first-order valence-corrected chi connectivity index (χ1v) is 11.3. The summed E-state index contributed by atoms with van der Waals surface area (Å²) in [6, 6.07) is 14.7. The molecule has 0 unspecified atom stereocenters. The molecular weight excluding hydrogens is 404 g/mol. The number of hydrogen-bond acceptors (Lipinski definition) is 4. The fourth-order valence-electron chi connectivity index (χ4n) is 5.15. The van der Waals surface area contributed by atoms with Crippen molar-refractivity contribution in [3.8, 4) is 11.5 Å². The molecule has 1 spiro atoms. The quantitative estimate of drug-likeness (QED) is 0.618. The molecule has 1 amide bonds. The van der Waals surface area contributed by atoms with Gasteiger partial charge in [0.05, 0.1) is 24.6 Å². The summed E-state index contributed by atoms with van der Waals surface area (Å²) in [4.78, 5) is 27.9.